The number of hydrogen-bond donors (Lipinski definition) is 1. The number of rotatable bonds is 3. The van der Waals surface area contributed by atoms with Crippen LogP contribution < -0.4 is 9.88 Å². The normalized spacial score (nSPS) is 11.3. The third kappa shape index (κ3) is 3.30. The van der Waals surface area contributed by atoms with Crippen molar-refractivity contribution in [2.24, 2.45) is 5.14 Å². The lowest BCUT2D eigenvalue weighted by Gasteiger charge is -2.08. The third-order valence-electron chi connectivity index (χ3n) is 2.58. The summed E-state index contributed by atoms with van der Waals surface area (Å²) in [4.78, 5) is 3.88. The van der Waals surface area contributed by atoms with E-state index in [0.717, 1.165) is 11.1 Å². The minimum atomic E-state index is -3.72. The van der Waals surface area contributed by atoms with Crippen molar-refractivity contribution in [2.45, 2.75) is 18.7 Å². The summed E-state index contributed by atoms with van der Waals surface area (Å²) in [6.07, 6.45) is 1.17. The Balaban J connectivity index is 2.25. The molecule has 2 aromatic rings. The van der Waals surface area contributed by atoms with Crippen LogP contribution in [0, 0.1) is 13.8 Å². The van der Waals surface area contributed by atoms with Crippen molar-refractivity contribution in [3.05, 3.63) is 47.7 Å². The summed E-state index contributed by atoms with van der Waals surface area (Å²) in [7, 11) is -3.72. The summed E-state index contributed by atoms with van der Waals surface area (Å²) >= 11 is 0. The van der Waals surface area contributed by atoms with Crippen LogP contribution in [-0.2, 0) is 10.0 Å². The average molecular weight is 278 g/mol. The molecule has 0 aliphatic rings. The Kier molecular flexibility index (Phi) is 3.55. The number of sulfonamides is 1. The van der Waals surface area contributed by atoms with E-state index in [2.05, 4.69) is 4.98 Å². The predicted octanol–water partition coefficient (Wildman–Crippen LogP) is 2.14. The van der Waals surface area contributed by atoms with E-state index in [9.17, 15) is 8.42 Å². The van der Waals surface area contributed by atoms with Crippen LogP contribution >= 0.6 is 0 Å². The van der Waals surface area contributed by atoms with Gasteiger partial charge in [0.05, 0.1) is 6.20 Å². The van der Waals surface area contributed by atoms with E-state index in [4.69, 9.17) is 9.88 Å². The molecule has 0 amide bonds. The molecule has 0 aliphatic carbocycles. The molecule has 0 saturated heterocycles. The first kappa shape index (κ1) is 13.5. The number of ether oxygens (including phenoxy) is 1. The molecule has 0 radical (unpaired) electrons. The molecular weight excluding hydrogens is 264 g/mol. The lowest BCUT2D eigenvalue weighted by atomic mass is 10.1. The largest absolute Gasteiger partial charge is 0.439 e. The number of pyridine rings is 1. The molecule has 0 saturated carbocycles. The van der Waals surface area contributed by atoms with Gasteiger partial charge in [0.2, 0.25) is 15.9 Å². The standard InChI is InChI=1S/C13H14N2O3S/c1-9-3-5-12(10(2)7-9)18-13-6-4-11(8-15-13)19(14,16)17/h3-8H,1-2H3,(H2,14,16,17). The van der Waals surface area contributed by atoms with Gasteiger partial charge in [0, 0.05) is 6.07 Å². The average Bonchev–Trinajstić information content (AvgIpc) is 2.32. The van der Waals surface area contributed by atoms with Crippen LogP contribution in [-0.4, -0.2) is 13.4 Å². The first-order valence-corrected chi connectivity index (χ1v) is 7.15. The number of nitrogens with zero attached hydrogens (tertiary/aromatic N) is 1. The third-order valence-corrected chi connectivity index (χ3v) is 3.48. The van der Waals surface area contributed by atoms with Gasteiger partial charge < -0.3 is 4.74 Å². The van der Waals surface area contributed by atoms with E-state index in [0.29, 0.717) is 11.6 Å². The topological polar surface area (TPSA) is 82.3 Å². The van der Waals surface area contributed by atoms with Crippen LogP contribution in [0.3, 0.4) is 0 Å². The van der Waals surface area contributed by atoms with E-state index in [1.54, 1.807) is 0 Å². The molecule has 100 valence electrons. The zero-order valence-corrected chi connectivity index (χ0v) is 11.4. The van der Waals surface area contributed by atoms with Crippen molar-refractivity contribution >= 4 is 10.0 Å². The molecule has 2 rings (SSSR count). The van der Waals surface area contributed by atoms with Crippen molar-refractivity contribution in [1.29, 1.82) is 0 Å². The minimum Gasteiger partial charge on any atom is -0.439 e. The Morgan fingerprint density at radius 3 is 2.42 bits per heavy atom. The first-order chi connectivity index (χ1) is 8.86. The van der Waals surface area contributed by atoms with Crippen LogP contribution in [0.2, 0.25) is 0 Å². The molecule has 1 aromatic heterocycles. The number of aryl methyl sites for hydroxylation is 2. The van der Waals surface area contributed by atoms with Gasteiger partial charge in [-0.2, -0.15) is 0 Å². The van der Waals surface area contributed by atoms with E-state index >= 15 is 0 Å². The van der Waals surface area contributed by atoms with Crippen LogP contribution in [0.4, 0.5) is 0 Å². The summed E-state index contributed by atoms with van der Waals surface area (Å²) < 4.78 is 27.8. The second kappa shape index (κ2) is 4.99. The fourth-order valence-corrected chi connectivity index (χ4v) is 2.08. The summed E-state index contributed by atoms with van der Waals surface area (Å²) in [6.45, 7) is 3.93. The van der Waals surface area contributed by atoms with Gasteiger partial charge >= 0.3 is 0 Å². The maximum atomic E-state index is 11.1. The molecule has 0 fully saturated rings. The van der Waals surface area contributed by atoms with Crippen molar-refractivity contribution in [2.75, 3.05) is 0 Å². The Bertz CT molecular complexity index is 694. The lowest BCUT2D eigenvalue weighted by molar-refractivity contribution is 0.458. The van der Waals surface area contributed by atoms with E-state index < -0.39 is 10.0 Å². The molecule has 1 heterocycles. The van der Waals surface area contributed by atoms with Gasteiger partial charge in [0.1, 0.15) is 10.6 Å². The van der Waals surface area contributed by atoms with Crippen molar-refractivity contribution in [3.8, 4) is 11.6 Å². The highest BCUT2D eigenvalue weighted by Gasteiger charge is 2.09. The second-order valence-electron chi connectivity index (χ2n) is 4.25. The monoisotopic (exact) mass is 278 g/mol. The molecular formula is C13H14N2O3S. The molecule has 0 unspecified atom stereocenters. The molecule has 0 bridgehead atoms. The highest BCUT2D eigenvalue weighted by molar-refractivity contribution is 7.89. The minimum absolute atomic E-state index is 0.0412. The summed E-state index contributed by atoms with van der Waals surface area (Å²) in [6, 6.07) is 8.61. The van der Waals surface area contributed by atoms with Gasteiger partial charge in [-0.05, 0) is 31.5 Å². The summed E-state index contributed by atoms with van der Waals surface area (Å²) in [5.74, 6) is 1.00. The fraction of sp³-hybridized carbons (Fsp3) is 0.154. The summed E-state index contributed by atoms with van der Waals surface area (Å²) in [5, 5.41) is 4.99. The maximum absolute atomic E-state index is 11.1. The zero-order valence-electron chi connectivity index (χ0n) is 10.6. The van der Waals surface area contributed by atoms with Gasteiger partial charge in [-0.25, -0.2) is 18.5 Å². The van der Waals surface area contributed by atoms with Crippen LogP contribution in [0.5, 0.6) is 11.6 Å². The fourth-order valence-electron chi connectivity index (χ4n) is 1.62. The zero-order chi connectivity index (χ0) is 14.0. The number of aromatic nitrogens is 1. The van der Waals surface area contributed by atoms with E-state index in [1.807, 2.05) is 32.0 Å². The van der Waals surface area contributed by atoms with Gasteiger partial charge in [0.15, 0.2) is 0 Å². The Morgan fingerprint density at radius 2 is 1.89 bits per heavy atom. The highest BCUT2D eigenvalue weighted by atomic mass is 32.2. The van der Waals surface area contributed by atoms with Gasteiger partial charge in [-0.1, -0.05) is 17.7 Å². The molecule has 0 spiro atoms. The number of hydrogen-bond acceptors (Lipinski definition) is 4. The quantitative estimate of drug-likeness (QED) is 0.932. The molecule has 5 nitrogen and oxygen atoms in total. The first-order valence-electron chi connectivity index (χ1n) is 5.60. The Hall–Kier alpha value is -1.92. The van der Waals surface area contributed by atoms with Gasteiger partial charge in [0.25, 0.3) is 0 Å². The maximum Gasteiger partial charge on any atom is 0.239 e. The Morgan fingerprint density at radius 1 is 1.16 bits per heavy atom. The van der Waals surface area contributed by atoms with E-state index in [1.165, 1.54) is 18.3 Å². The van der Waals surface area contributed by atoms with Crippen LogP contribution in [0.1, 0.15) is 11.1 Å². The molecule has 1 aromatic carbocycles. The molecule has 0 aliphatic heterocycles. The predicted molar refractivity (Wildman–Crippen MR) is 71.6 cm³/mol. The Labute approximate surface area is 112 Å². The summed E-state index contributed by atoms with van der Waals surface area (Å²) in [5.41, 5.74) is 2.12. The van der Waals surface area contributed by atoms with Gasteiger partial charge in [-0.15, -0.1) is 0 Å². The lowest BCUT2D eigenvalue weighted by Crippen LogP contribution is -2.12. The van der Waals surface area contributed by atoms with E-state index in [-0.39, 0.29) is 4.90 Å². The molecule has 19 heavy (non-hydrogen) atoms. The molecule has 0 atom stereocenters. The molecule has 6 heteroatoms. The number of nitrogens with two attached hydrogens (primary N) is 1. The second-order valence-corrected chi connectivity index (χ2v) is 5.81. The smallest absolute Gasteiger partial charge is 0.239 e. The van der Waals surface area contributed by atoms with Crippen LogP contribution in [0.15, 0.2) is 41.4 Å². The van der Waals surface area contributed by atoms with Crippen molar-refractivity contribution in [3.63, 3.8) is 0 Å². The molecule has 2 N–H and O–H groups in total. The number of benzene rings is 1. The van der Waals surface area contributed by atoms with Crippen molar-refractivity contribution in [1.82, 2.24) is 4.98 Å². The SMILES string of the molecule is Cc1ccc(Oc2ccc(S(N)(=O)=O)cn2)c(C)c1. The number of primary sulfonamides is 1. The van der Waals surface area contributed by atoms with Crippen molar-refractivity contribution < 1.29 is 13.2 Å². The van der Waals surface area contributed by atoms with Gasteiger partial charge in [-0.3, -0.25) is 0 Å². The highest BCUT2D eigenvalue weighted by Crippen LogP contribution is 2.24. The van der Waals surface area contributed by atoms with Crippen LogP contribution in [0.25, 0.3) is 0 Å².